The van der Waals surface area contributed by atoms with Crippen LogP contribution < -0.4 is 16.9 Å². The molecule has 200 valence electrons. The molecule has 0 aliphatic heterocycles. The van der Waals surface area contributed by atoms with Crippen molar-refractivity contribution in [3.63, 3.8) is 0 Å². The van der Waals surface area contributed by atoms with Gasteiger partial charge in [0, 0.05) is 46.2 Å². The van der Waals surface area contributed by atoms with E-state index in [2.05, 4.69) is 25.9 Å². The second-order valence-electron chi connectivity index (χ2n) is 9.05. The lowest BCUT2D eigenvalue weighted by Gasteiger charge is -2.14. The minimum atomic E-state index is -1.38. The SMILES string of the molecule is CC(C)c1cc(F)cc(-c2ccncc2)c1N.CC(C)c1cc(F)cc(Br)c1N.OB(O)c1ccncc1. The van der Waals surface area contributed by atoms with Gasteiger partial charge in [-0.1, -0.05) is 27.7 Å². The molecular weight excluding hydrogens is 553 g/mol. The molecule has 4 rings (SSSR count). The van der Waals surface area contributed by atoms with Crippen molar-refractivity contribution < 1.29 is 18.8 Å². The summed E-state index contributed by atoms with van der Waals surface area (Å²) in [6.07, 6.45) is 6.37. The summed E-state index contributed by atoms with van der Waals surface area (Å²) >= 11 is 3.20. The van der Waals surface area contributed by atoms with Gasteiger partial charge in [0.1, 0.15) is 11.6 Å². The van der Waals surface area contributed by atoms with E-state index in [0.29, 0.717) is 21.3 Å². The number of anilines is 2. The Kier molecular flexibility index (Phi) is 11.8. The van der Waals surface area contributed by atoms with Gasteiger partial charge < -0.3 is 21.5 Å². The molecule has 6 N–H and O–H groups in total. The molecule has 0 aliphatic rings. The summed E-state index contributed by atoms with van der Waals surface area (Å²) in [5.74, 6) is -0.0576. The van der Waals surface area contributed by atoms with E-state index in [1.54, 1.807) is 24.5 Å². The summed E-state index contributed by atoms with van der Waals surface area (Å²) < 4.78 is 27.1. The van der Waals surface area contributed by atoms with Crippen LogP contribution in [0.25, 0.3) is 11.1 Å². The predicted molar refractivity (Wildman–Crippen MR) is 155 cm³/mol. The third-order valence-corrected chi connectivity index (χ3v) is 6.20. The highest BCUT2D eigenvalue weighted by Crippen LogP contribution is 2.33. The predicted octanol–water partition coefficient (Wildman–Crippen LogP) is 5.65. The summed E-state index contributed by atoms with van der Waals surface area (Å²) in [5, 5.41) is 17.1. The minimum absolute atomic E-state index is 0.200. The number of hydrogen-bond acceptors (Lipinski definition) is 6. The molecule has 10 heteroatoms. The van der Waals surface area contributed by atoms with Gasteiger partial charge in [-0.25, -0.2) is 8.78 Å². The molecule has 2 aromatic heterocycles. The number of pyridine rings is 2. The van der Waals surface area contributed by atoms with Crippen molar-refractivity contribution in [2.24, 2.45) is 0 Å². The maximum absolute atomic E-state index is 13.6. The fourth-order valence-electron chi connectivity index (χ4n) is 3.51. The molecule has 6 nitrogen and oxygen atoms in total. The quantitative estimate of drug-likeness (QED) is 0.182. The number of nitrogen functional groups attached to an aromatic ring is 2. The Morgan fingerprint density at radius 3 is 1.63 bits per heavy atom. The second kappa shape index (κ2) is 14.6. The Balaban J connectivity index is 0.000000212. The van der Waals surface area contributed by atoms with Crippen molar-refractivity contribution in [1.29, 1.82) is 0 Å². The van der Waals surface area contributed by atoms with Gasteiger partial charge in [0.2, 0.25) is 0 Å². The lowest BCUT2D eigenvalue weighted by molar-refractivity contribution is 0.425. The van der Waals surface area contributed by atoms with Crippen molar-refractivity contribution in [1.82, 2.24) is 9.97 Å². The number of benzene rings is 2. The molecular formula is C28H32BBrF2N4O2. The average Bonchev–Trinajstić information content (AvgIpc) is 2.89. The van der Waals surface area contributed by atoms with E-state index in [1.165, 1.54) is 36.7 Å². The summed E-state index contributed by atoms with van der Waals surface area (Å²) in [5.41, 5.74) is 16.9. The number of rotatable bonds is 4. The lowest BCUT2D eigenvalue weighted by Crippen LogP contribution is -2.29. The molecule has 0 saturated heterocycles. The van der Waals surface area contributed by atoms with Gasteiger partial charge in [0.05, 0.1) is 0 Å². The van der Waals surface area contributed by atoms with E-state index in [-0.39, 0.29) is 23.5 Å². The zero-order valence-electron chi connectivity index (χ0n) is 21.7. The van der Waals surface area contributed by atoms with E-state index in [0.717, 1.165) is 22.3 Å². The van der Waals surface area contributed by atoms with Crippen LogP contribution in [-0.4, -0.2) is 27.1 Å². The van der Waals surface area contributed by atoms with Gasteiger partial charge in [-0.3, -0.25) is 9.97 Å². The third kappa shape index (κ3) is 8.90. The fourth-order valence-corrected chi connectivity index (χ4v) is 3.95. The van der Waals surface area contributed by atoms with Crippen LogP contribution in [0.4, 0.5) is 20.2 Å². The number of halogens is 3. The summed E-state index contributed by atoms with van der Waals surface area (Å²) in [4.78, 5) is 7.65. The van der Waals surface area contributed by atoms with Crippen molar-refractivity contribution in [2.45, 2.75) is 39.5 Å². The van der Waals surface area contributed by atoms with E-state index >= 15 is 0 Å². The maximum atomic E-state index is 13.6. The van der Waals surface area contributed by atoms with E-state index in [9.17, 15) is 8.78 Å². The first-order chi connectivity index (χ1) is 17.9. The molecule has 0 bridgehead atoms. The van der Waals surface area contributed by atoms with E-state index in [1.807, 2.05) is 39.8 Å². The first kappa shape index (κ1) is 30.9. The zero-order valence-corrected chi connectivity index (χ0v) is 23.3. The van der Waals surface area contributed by atoms with Crippen LogP contribution in [0.15, 0.2) is 77.8 Å². The second-order valence-corrected chi connectivity index (χ2v) is 9.90. The standard InChI is InChI=1S/C14H15FN2.C9H11BrFN.C5H6BNO2/c1-9(2)12-7-11(15)8-13(14(12)16)10-3-5-17-6-4-10;1-5(2)7-3-6(11)4-8(10)9(7)12;8-6(9)5-1-3-7-4-2-5/h3-9H,16H2,1-2H3;3-5H,12H2,1-2H3;1-4,8-9H. The molecule has 0 unspecified atom stereocenters. The lowest BCUT2D eigenvalue weighted by atomic mass is 9.81. The monoisotopic (exact) mass is 584 g/mol. The molecule has 0 radical (unpaired) electrons. The Morgan fingerprint density at radius 2 is 1.18 bits per heavy atom. The minimum Gasteiger partial charge on any atom is -0.423 e. The van der Waals surface area contributed by atoms with Gasteiger partial charge in [-0.2, -0.15) is 0 Å². The first-order valence-corrected chi connectivity index (χ1v) is 12.7. The highest BCUT2D eigenvalue weighted by atomic mass is 79.9. The molecule has 38 heavy (non-hydrogen) atoms. The van der Waals surface area contributed by atoms with Gasteiger partial charge in [0.25, 0.3) is 0 Å². The molecule has 0 spiro atoms. The summed E-state index contributed by atoms with van der Waals surface area (Å²) in [6.45, 7) is 7.97. The maximum Gasteiger partial charge on any atom is 0.488 e. The normalized spacial score (nSPS) is 10.4. The molecule has 0 amide bonds. The Morgan fingerprint density at radius 1 is 0.737 bits per heavy atom. The van der Waals surface area contributed by atoms with Gasteiger partial charge in [-0.15, -0.1) is 0 Å². The molecule has 2 heterocycles. The van der Waals surface area contributed by atoms with Crippen LogP contribution in [0, 0.1) is 11.6 Å². The smallest absolute Gasteiger partial charge is 0.423 e. The highest BCUT2D eigenvalue weighted by Gasteiger charge is 2.12. The van der Waals surface area contributed by atoms with Crippen LogP contribution in [0.2, 0.25) is 0 Å². The summed E-state index contributed by atoms with van der Waals surface area (Å²) in [7, 11) is -1.38. The molecule has 4 aromatic rings. The highest BCUT2D eigenvalue weighted by molar-refractivity contribution is 9.10. The average molecular weight is 585 g/mol. The number of hydrogen-bond donors (Lipinski definition) is 4. The molecule has 0 saturated carbocycles. The third-order valence-electron chi connectivity index (χ3n) is 5.54. The number of nitrogens with two attached hydrogens (primary N) is 2. The van der Waals surface area contributed by atoms with Crippen LogP contribution in [-0.2, 0) is 0 Å². The first-order valence-electron chi connectivity index (χ1n) is 11.9. The van der Waals surface area contributed by atoms with Gasteiger partial charge >= 0.3 is 7.12 Å². The van der Waals surface area contributed by atoms with Gasteiger partial charge in [-0.05, 0) is 98.4 Å². The zero-order chi connectivity index (χ0) is 28.4. The van der Waals surface area contributed by atoms with Crippen LogP contribution in [0.3, 0.4) is 0 Å². The van der Waals surface area contributed by atoms with Crippen LogP contribution in [0.5, 0.6) is 0 Å². The molecule has 0 atom stereocenters. The van der Waals surface area contributed by atoms with Crippen LogP contribution >= 0.6 is 15.9 Å². The van der Waals surface area contributed by atoms with E-state index < -0.39 is 7.12 Å². The van der Waals surface area contributed by atoms with Crippen molar-refractivity contribution in [3.05, 3.63) is 101 Å². The largest absolute Gasteiger partial charge is 0.488 e. The Labute approximate surface area is 231 Å². The van der Waals surface area contributed by atoms with Crippen molar-refractivity contribution in [2.75, 3.05) is 11.5 Å². The number of nitrogens with zero attached hydrogens (tertiary/aromatic N) is 2. The summed E-state index contributed by atoms with van der Waals surface area (Å²) in [6, 6.07) is 12.6. The Bertz CT molecular complexity index is 1310. The van der Waals surface area contributed by atoms with Crippen molar-refractivity contribution >= 4 is 39.9 Å². The van der Waals surface area contributed by atoms with Gasteiger partial charge in [0.15, 0.2) is 0 Å². The Hall–Kier alpha value is -3.34. The number of aromatic nitrogens is 2. The molecule has 0 aliphatic carbocycles. The van der Waals surface area contributed by atoms with Crippen LogP contribution in [0.1, 0.15) is 50.7 Å². The molecule has 2 aromatic carbocycles. The topological polar surface area (TPSA) is 118 Å². The van der Waals surface area contributed by atoms with E-state index in [4.69, 9.17) is 21.5 Å². The molecule has 0 fully saturated rings. The van der Waals surface area contributed by atoms with Crippen molar-refractivity contribution in [3.8, 4) is 11.1 Å². The fraction of sp³-hybridized carbons (Fsp3) is 0.214.